The molecule has 4 aliphatic carbocycles. The van der Waals surface area contributed by atoms with Crippen LogP contribution in [-0.2, 0) is 11.8 Å². The van der Waals surface area contributed by atoms with Gasteiger partial charge in [-0.3, -0.25) is 0 Å². The Morgan fingerprint density at radius 1 is 0.455 bits per heavy atom. The molecule has 0 saturated carbocycles. The van der Waals surface area contributed by atoms with Crippen LogP contribution in [0.25, 0.3) is 105 Å². The lowest BCUT2D eigenvalue weighted by Gasteiger charge is -2.35. The lowest BCUT2D eigenvalue weighted by molar-refractivity contribution is 0.776. The highest BCUT2D eigenvalue weighted by Crippen LogP contribution is 2.67. The molecule has 0 amide bonds. The first-order chi connectivity index (χ1) is 32.6. The van der Waals surface area contributed by atoms with Gasteiger partial charge >= 0.3 is 0 Å². The quantitative estimate of drug-likeness (QED) is 0.155. The maximum absolute atomic E-state index is 4.11. The molecular weight excluding hydrogens is 793 g/mol. The second-order valence-electron chi connectivity index (χ2n) is 18.8. The van der Waals surface area contributed by atoms with E-state index in [1.807, 2.05) is 6.08 Å². The monoisotopic (exact) mass is 838 g/mol. The largest absolute Gasteiger partial charge is 0.0985 e. The van der Waals surface area contributed by atoms with Crippen LogP contribution in [0.4, 0.5) is 0 Å². The van der Waals surface area contributed by atoms with Crippen LogP contribution in [0.1, 0.15) is 63.8 Å². The number of fused-ring (bicyclic) bond motifs is 18. The lowest BCUT2D eigenvalue weighted by Crippen LogP contribution is -2.28. The Hall–Kier alpha value is -7.80. The fourth-order valence-electron chi connectivity index (χ4n) is 13.0. The van der Waals surface area contributed by atoms with Crippen molar-refractivity contribution in [2.75, 3.05) is 0 Å². The average molecular weight is 839 g/mol. The Kier molecular flexibility index (Phi) is 8.02. The molecular formula is C66H46. The van der Waals surface area contributed by atoms with Crippen LogP contribution in [0.2, 0.25) is 0 Å². The van der Waals surface area contributed by atoms with Gasteiger partial charge in [0.1, 0.15) is 0 Å². The zero-order valence-corrected chi connectivity index (χ0v) is 37.1. The summed E-state index contributed by atoms with van der Waals surface area (Å²) in [5.41, 5.74) is 23.8. The number of hydrogen-bond acceptors (Lipinski definition) is 0. The maximum atomic E-state index is 4.11. The molecule has 0 fully saturated rings. The van der Waals surface area contributed by atoms with Crippen molar-refractivity contribution in [3.63, 3.8) is 0 Å². The number of aryl methyl sites for hydroxylation is 2. The molecule has 66 heavy (non-hydrogen) atoms. The van der Waals surface area contributed by atoms with Gasteiger partial charge in [0.2, 0.25) is 0 Å². The van der Waals surface area contributed by atoms with Crippen molar-refractivity contribution >= 4 is 60.8 Å². The topological polar surface area (TPSA) is 0 Å². The van der Waals surface area contributed by atoms with Crippen LogP contribution in [-0.4, -0.2) is 0 Å². The highest BCUT2D eigenvalue weighted by atomic mass is 14.6. The van der Waals surface area contributed by atoms with E-state index in [1.165, 1.54) is 143 Å². The minimum Gasteiger partial charge on any atom is -0.0985 e. The summed E-state index contributed by atoms with van der Waals surface area (Å²) in [6, 6.07) is 64.9. The van der Waals surface area contributed by atoms with E-state index in [-0.39, 0.29) is 0 Å². The van der Waals surface area contributed by atoms with Crippen molar-refractivity contribution in [2.24, 2.45) is 0 Å². The fraction of sp³-hybridized carbons (Fsp3) is 0.0909. The summed E-state index contributed by atoms with van der Waals surface area (Å²) in [4.78, 5) is 0. The average Bonchev–Trinajstić information content (AvgIpc) is 3.86. The molecule has 0 heteroatoms. The molecule has 0 bridgehead atoms. The van der Waals surface area contributed by atoms with Gasteiger partial charge in [-0.25, -0.2) is 0 Å². The highest BCUT2D eigenvalue weighted by Gasteiger charge is 2.55. The molecule has 0 aliphatic heterocycles. The van der Waals surface area contributed by atoms with Gasteiger partial charge in [0, 0.05) is 0 Å². The van der Waals surface area contributed by atoms with E-state index in [9.17, 15) is 0 Å². The van der Waals surface area contributed by atoms with Crippen molar-refractivity contribution in [2.45, 2.75) is 38.0 Å². The van der Waals surface area contributed by atoms with Gasteiger partial charge in [0.25, 0.3) is 0 Å². The third-order valence-corrected chi connectivity index (χ3v) is 15.7. The van der Waals surface area contributed by atoms with Crippen molar-refractivity contribution in [1.29, 1.82) is 0 Å². The number of allylic oxidation sites excluding steroid dienone is 5. The molecule has 1 spiro atoms. The molecule has 1 unspecified atom stereocenters. The molecule has 310 valence electrons. The van der Waals surface area contributed by atoms with Crippen LogP contribution >= 0.6 is 0 Å². The minimum atomic E-state index is -0.477. The zero-order valence-electron chi connectivity index (χ0n) is 37.1. The summed E-state index contributed by atoms with van der Waals surface area (Å²) in [6.45, 7) is 6.26. The third kappa shape index (κ3) is 4.94. The van der Waals surface area contributed by atoms with E-state index in [4.69, 9.17) is 0 Å². The SMILES string of the molecule is C=Cc1cc(-c2cccc(-c3c4ccccc4c(-c4cc5c(c6ccccc46)-c4c(c6c(c7ccccc47)CCC=C6)C54C5=C(CCC=C5)c5ccccc54)c4ccccc34)c2)ccc1C. The molecule has 0 nitrogen and oxygen atoms in total. The van der Waals surface area contributed by atoms with Gasteiger partial charge in [-0.05, 0) is 194 Å². The van der Waals surface area contributed by atoms with Gasteiger partial charge in [0.05, 0.1) is 5.41 Å². The maximum Gasteiger partial charge on any atom is 0.0728 e. The van der Waals surface area contributed by atoms with E-state index in [1.54, 1.807) is 0 Å². The van der Waals surface area contributed by atoms with E-state index < -0.39 is 5.41 Å². The van der Waals surface area contributed by atoms with Crippen LogP contribution < -0.4 is 0 Å². The van der Waals surface area contributed by atoms with Gasteiger partial charge in [-0.1, -0.05) is 189 Å². The van der Waals surface area contributed by atoms with E-state index in [0.717, 1.165) is 25.7 Å². The zero-order chi connectivity index (χ0) is 43.7. The Morgan fingerprint density at radius 2 is 1.05 bits per heavy atom. The summed E-state index contributed by atoms with van der Waals surface area (Å²) in [7, 11) is 0. The predicted octanol–water partition coefficient (Wildman–Crippen LogP) is 17.6. The van der Waals surface area contributed by atoms with Crippen LogP contribution in [0, 0.1) is 6.92 Å². The van der Waals surface area contributed by atoms with Crippen LogP contribution in [0.5, 0.6) is 0 Å². The second kappa shape index (κ2) is 14.1. The lowest BCUT2D eigenvalue weighted by atomic mass is 9.66. The molecule has 14 rings (SSSR count). The molecule has 4 aliphatic rings. The Bertz CT molecular complexity index is 3840. The standard InChI is InChI=1S/C66H46/c1-3-41-37-43(36-35-40(41)2)42-19-18-20-44(38-42)61-52-28-9-11-30-54(52)62(55-31-12-10-29-53(55)61)57-39-60-63(50-26-7-5-23-47(50)57)64-51-27-8-4-21-45(51)46-22-6-13-32-56(46)65(64)66(60)58-33-16-14-24-48(58)49-25-15-17-34-59(49)66/h3-5,7-14,16-21,23-24,26-39H,1,6,15,22,25H2,2H3. The second-order valence-corrected chi connectivity index (χ2v) is 18.8. The summed E-state index contributed by atoms with van der Waals surface area (Å²) in [6.07, 6.45) is 16.1. The normalized spacial score (nSPS) is 16.6. The third-order valence-electron chi connectivity index (χ3n) is 15.7. The fourth-order valence-corrected chi connectivity index (χ4v) is 13.0. The highest BCUT2D eigenvalue weighted by molar-refractivity contribution is 6.26. The van der Waals surface area contributed by atoms with Crippen LogP contribution in [0.3, 0.4) is 0 Å². The Morgan fingerprint density at radius 3 is 1.79 bits per heavy atom. The van der Waals surface area contributed by atoms with Gasteiger partial charge in [0.15, 0.2) is 0 Å². The predicted molar refractivity (Wildman–Crippen MR) is 282 cm³/mol. The van der Waals surface area contributed by atoms with E-state index >= 15 is 0 Å². The van der Waals surface area contributed by atoms with Crippen molar-refractivity contribution in [3.05, 3.63) is 245 Å². The van der Waals surface area contributed by atoms with Crippen molar-refractivity contribution in [3.8, 4) is 44.5 Å². The number of hydrogen-bond donors (Lipinski definition) is 0. The van der Waals surface area contributed by atoms with Crippen molar-refractivity contribution in [1.82, 2.24) is 0 Å². The van der Waals surface area contributed by atoms with E-state index in [2.05, 4.69) is 208 Å². The molecule has 0 radical (unpaired) electrons. The van der Waals surface area contributed by atoms with Gasteiger partial charge in [-0.2, -0.15) is 0 Å². The summed E-state index contributed by atoms with van der Waals surface area (Å²) in [5.74, 6) is 0. The minimum absolute atomic E-state index is 0.477. The van der Waals surface area contributed by atoms with Gasteiger partial charge in [-0.15, -0.1) is 0 Å². The molecule has 0 N–H and O–H groups in total. The Balaban J connectivity index is 1.13. The smallest absolute Gasteiger partial charge is 0.0728 e. The van der Waals surface area contributed by atoms with Crippen molar-refractivity contribution < 1.29 is 0 Å². The molecule has 1 atom stereocenters. The first-order valence-corrected chi connectivity index (χ1v) is 23.7. The molecule has 10 aromatic carbocycles. The molecule has 10 aromatic rings. The van der Waals surface area contributed by atoms with E-state index in [0.29, 0.717) is 0 Å². The summed E-state index contributed by atoms with van der Waals surface area (Å²) < 4.78 is 0. The molecule has 0 aromatic heterocycles. The first kappa shape index (κ1) is 37.6. The molecule has 0 heterocycles. The summed E-state index contributed by atoms with van der Waals surface area (Å²) >= 11 is 0. The number of benzene rings is 10. The van der Waals surface area contributed by atoms with Crippen LogP contribution in [0.15, 0.2) is 200 Å². The first-order valence-electron chi connectivity index (χ1n) is 23.7. The Labute approximate surface area is 386 Å². The number of rotatable bonds is 4. The van der Waals surface area contributed by atoms with Gasteiger partial charge < -0.3 is 0 Å². The summed E-state index contributed by atoms with van der Waals surface area (Å²) in [5, 5.41) is 10.4. The molecule has 0 saturated heterocycles.